The van der Waals surface area contributed by atoms with Crippen molar-refractivity contribution in [2.75, 3.05) is 0 Å². The summed E-state index contributed by atoms with van der Waals surface area (Å²) in [6.07, 6.45) is 5.84. The Morgan fingerprint density at radius 2 is 1.81 bits per heavy atom. The van der Waals surface area contributed by atoms with Crippen LogP contribution in [-0.4, -0.2) is 43.2 Å². The third kappa shape index (κ3) is 7.80. The van der Waals surface area contributed by atoms with Crippen molar-refractivity contribution >= 4 is 40.3 Å². The lowest BCUT2D eigenvalue weighted by Crippen LogP contribution is -2.39. The van der Waals surface area contributed by atoms with Gasteiger partial charge in [-0.25, -0.2) is 9.78 Å². The van der Waals surface area contributed by atoms with Crippen LogP contribution in [0.4, 0.5) is 0 Å². The van der Waals surface area contributed by atoms with Crippen molar-refractivity contribution < 1.29 is 19.5 Å². The summed E-state index contributed by atoms with van der Waals surface area (Å²) in [6.45, 7) is 8.85. The molecule has 0 spiro atoms. The van der Waals surface area contributed by atoms with E-state index in [4.69, 9.17) is 4.98 Å². The lowest BCUT2D eigenvalue weighted by molar-refractivity contribution is 0.0697. The van der Waals surface area contributed by atoms with Crippen LogP contribution in [0, 0.1) is 12.8 Å². The number of imidazole rings is 1. The Hall–Kier alpha value is -4.76. The highest BCUT2D eigenvalue weighted by Gasteiger charge is 2.28. The van der Waals surface area contributed by atoms with E-state index < -0.39 is 5.97 Å². The van der Waals surface area contributed by atoms with Crippen LogP contribution in [0.1, 0.15) is 82.1 Å². The highest BCUT2D eigenvalue weighted by atomic mass is 32.2. The molecule has 0 fully saturated rings. The van der Waals surface area contributed by atoms with Crippen molar-refractivity contribution in [2.45, 2.75) is 64.8 Å². The van der Waals surface area contributed by atoms with E-state index >= 15 is 0 Å². The van der Waals surface area contributed by atoms with Crippen LogP contribution in [0.2, 0.25) is 0 Å². The van der Waals surface area contributed by atoms with Gasteiger partial charge in [0.2, 0.25) is 0 Å². The lowest BCUT2D eigenvalue weighted by Gasteiger charge is -2.28. The predicted octanol–water partition coefficient (Wildman–Crippen LogP) is 7.91. The van der Waals surface area contributed by atoms with Crippen LogP contribution in [0.25, 0.3) is 22.2 Å². The van der Waals surface area contributed by atoms with Crippen LogP contribution in [-0.2, 0) is 17.8 Å². The Balaban J connectivity index is 1.48. The molecule has 2 unspecified atom stereocenters. The zero-order chi connectivity index (χ0) is 33.5. The molecule has 5 aromatic rings. The quantitative estimate of drug-likeness (QED) is 0.118. The molecule has 0 aliphatic heterocycles. The topological polar surface area (TPSA) is 114 Å². The van der Waals surface area contributed by atoms with E-state index in [1.807, 2.05) is 67.6 Å². The summed E-state index contributed by atoms with van der Waals surface area (Å²) in [6, 6.07) is 22.2. The summed E-state index contributed by atoms with van der Waals surface area (Å²) in [4.78, 5) is 46.7. The van der Waals surface area contributed by atoms with Crippen molar-refractivity contribution in [1.82, 2.24) is 19.9 Å². The normalized spacial score (nSPS) is 12.6. The molecule has 9 heteroatoms. The van der Waals surface area contributed by atoms with Crippen molar-refractivity contribution in [3.63, 3.8) is 0 Å². The molecule has 0 saturated carbocycles. The number of hydrogen-bond donors (Lipinski definition) is 2. The SMILES string of the molecule is CCCc1nc2c(C)cc(C(=O)NC(CC(C)C)C(SC=O)c3cccnc3)cc2n1Cc1ccc(-c2ccccc2C(=O)O)cc1. The molecule has 3 aromatic carbocycles. The average Bonchev–Trinajstić information content (AvgIpc) is 3.41. The number of hydrogen-bond acceptors (Lipinski definition) is 6. The number of amides is 1. The summed E-state index contributed by atoms with van der Waals surface area (Å²) in [5, 5.41) is 12.6. The first kappa shape index (κ1) is 33.6. The first-order valence-corrected chi connectivity index (χ1v) is 16.9. The standard InChI is InChI=1S/C38H40N4O4S/c1-5-9-34-41-35-25(4)19-29(37(44)40-32(18-24(2)3)36(47-23-43)28-10-8-17-39-21-28)20-33(35)42(34)22-26-13-15-27(16-14-26)30-11-6-7-12-31(30)38(45)46/h6-8,10-17,19-21,23-24,32,36H,5,9,18,22H2,1-4H3,(H,40,44)(H,45,46). The van der Waals surface area contributed by atoms with E-state index in [9.17, 15) is 19.5 Å². The summed E-state index contributed by atoms with van der Waals surface area (Å²) in [7, 11) is 0. The molecule has 2 N–H and O–H groups in total. The van der Waals surface area contributed by atoms with Crippen LogP contribution in [0.15, 0.2) is 85.2 Å². The van der Waals surface area contributed by atoms with E-state index in [-0.39, 0.29) is 28.7 Å². The monoisotopic (exact) mass is 648 g/mol. The first-order valence-electron chi connectivity index (χ1n) is 15.9. The van der Waals surface area contributed by atoms with Gasteiger partial charge in [0.1, 0.15) is 5.82 Å². The van der Waals surface area contributed by atoms with Gasteiger partial charge in [0.15, 0.2) is 5.62 Å². The zero-order valence-corrected chi connectivity index (χ0v) is 28.0. The number of pyridine rings is 1. The lowest BCUT2D eigenvalue weighted by atomic mass is 9.96. The van der Waals surface area contributed by atoms with Gasteiger partial charge in [0.25, 0.3) is 5.91 Å². The van der Waals surface area contributed by atoms with Gasteiger partial charge in [-0.05, 0) is 77.8 Å². The second-order valence-corrected chi connectivity index (χ2v) is 13.2. The molecule has 1 amide bonds. The summed E-state index contributed by atoms with van der Waals surface area (Å²) < 4.78 is 2.18. The van der Waals surface area contributed by atoms with Crippen LogP contribution >= 0.6 is 11.8 Å². The van der Waals surface area contributed by atoms with Gasteiger partial charge >= 0.3 is 5.97 Å². The molecule has 242 valence electrons. The third-order valence-electron chi connectivity index (χ3n) is 8.24. The van der Waals surface area contributed by atoms with E-state index in [1.54, 1.807) is 24.5 Å². The Morgan fingerprint density at radius 1 is 1.04 bits per heavy atom. The number of rotatable bonds is 14. The Bertz CT molecular complexity index is 1870. The second kappa shape index (κ2) is 15.2. The molecule has 0 radical (unpaired) electrons. The smallest absolute Gasteiger partial charge is 0.336 e. The van der Waals surface area contributed by atoms with Crippen LogP contribution in [0.3, 0.4) is 0 Å². The molecule has 5 rings (SSSR count). The van der Waals surface area contributed by atoms with Gasteiger partial charge in [-0.15, -0.1) is 0 Å². The number of aryl methyl sites for hydroxylation is 2. The van der Waals surface area contributed by atoms with E-state index in [0.29, 0.717) is 24.1 Å². The number of aromatic carboxylic acids is 1. The number of thioether (sulfide) groups is 1. The number of carbonyl (C=O) groups is 3. The maximum absolute atomic E-state index is 13.9. The predicted molar refractivity (Wildman–Crippen MR) is 188 cm³/mol. The molecular formula is C38H40N4O4S. The molecule has 0 saturated heterocycles. The Morgan fingerprint density at radius 3 is 2.47 bits per heavy atom. The average molecular weight is 649 g/mol. The van der Waals surface area contributed by atoms with E-state index in [0.717, 1.165) is 69.3 Å². The fourth-order valence-corrected chi connectivity index (χ4v) is 6.87. The van der Waals surface area contributed by atoms with Gasteiger partial charge in [-0.3, -0.25) is 14.6 Å². The molecule has 0 bridgehead atoms. The van der Waals surface area contributed by atoms with Gasteiger partial charge < -0.3 is 15.0 Å². The van der Waals surface area contributed by atoms with Gasteiger partial charge in [0, 0.05) is 37.0 Å². The molecule has 2 heterocycles. The molecule has 2 aromatic heterocycles. The second-order valence-electron chi connectivity index (χ2n) is 12.2. The summed E-state index contributed by atoms with van der Waals surface area (Å²) in [5.41, 5.74) is 7.72. The molecule has 0 aliphatic carbocycles. The van der Waals surface area contributed by atoms with E-state index in [2.05, 4.69) is 35.6 Å². The number of aromatic nitrogens is 3. The van der Waals surface area contributed by atoms with Crippen LogP contribution in [0.5, 0.6) is 0 Å². The maximum Gasteiger partial charge on any atom is 0.336 e. The minimum Gasteiger partial charge on any atom is -0.478 e. The highest BCUT2D eigenvalue weighted by molar-refractivity contribution is 8.12. The van der Waals surface area contributed by atoms with Crippen molar-refractivity contribution in [2.24, 2.45) is 5.92 Å². The Kier molecular flexibility index (Phi) is 10.9. The summed E-state index contributed by atoms with van der Waals surface area (Å²) >= 11 is 1.16. The largest absolute Gasteiger partial charge is 0.478 e. The number of nitrogens with one attached hydrogen (secondary N) is 1. The van der Waals surface area contributed by atoms with Gasteiger partial charge in [0.05, 0.1) is 21.8 Å². The Labute approximate surface area is 279 Å². The first-order chi connectivity index (χ1) is 22.7. The zero-order valence-electron chi connectivity index (χ0n) is 27.1. The minimum atomic E-state index is -0.959. The van der Waals surface area contributed by atoms with E-state index in [1.165, 1.54) is 0 Å². The molecule has 8 nitrogen and oxygen atoms in total. The number of carbonyl (C=O) groups excluding carboxylic acids is 2. The highest BCUT2D eigenvalue weighted by Crippen LogP contribution is 2.34. The maximum atomic E-state index is 13.9. The third-order valence-corrected chi connectivity index (χ3v) is 9.25. The minimum absolute atomic E-state index is 0.202. The number of nitrogens with zero attached hydrogens (tertiary/aromatic N) is 3. The summed E-state index contributed by atoms with van der Waals surface area (Å²) in [5.74, 6) is 0.0741. The van der Waals surface area contributed by atoms with Crippen LogP contribution < -0.4 is 5.32 Å². The molecular weight excluding hydrogens is 609 g/mol. The van der Waals surface area contributed by atoms with Crippen molar-refractivity contribution in [1.29, 1.82) is 0 Å². The van der Waals surface area contributed by atoms with Crippen molar-refractivity contribution in [3.05, 3.63) is 119 Å². The number of benzene rings is 3. The molecule has 2 atom stereocenters. The number of carboxylic acid groups (broad SMARTS) is 1. The molecule has 47 heavy (non-hydrogen) atoms. The van der Waals surface area contributed by atoms with Crippen molar-refractivity contribution in [3.8, 4) is 11.1 Å². The number of fused-ring (bicyclic) bond motifs is 1. The van der Waals surface area contributed by atoms with Gasteiger partial charge in [-0.2, -0.15) is 0 Å². The van der Waals surface area contributed by atoms with Gasteiger partial charge in [-0.1, -0.05) is 81.1 Å². The molecule has 0 aliphatic rings. The fourth-order valence-electron chi connectivity index (χ4n) is 6.08. The number of carboxylic acids is 1. The fraction of sp³-hybridized carbons (Fsp3) is 0.289.